The largest absolute Gasteiger partial charge is 0.506 e. The van der Waals surface area contributed by atoms with Gasteiger partial charge in [0, 0.05) is 30.3 Å². The third-order valence-corrected chi connectivity index (χ3v) is 5.63. The quantitative estimate of drug-likeness (QED) is 0.659. The Hall–Kier alpha value is -2.30. The number of aromatic nitrogens is 2. The van der Waals surface area contributed by atoms with Gasteiger partial charge in [-0.2, -0.15) is 5.10 Å². The van der Waals surface area contributed by atoms with E-state index < -0.39 is 0 Å². The van der Waals surface area contributed by atoms with Crippen LogP contribution in [-0.4, -0.2) is 33.3 Å². The Morgan fingerprint density at radius 1 is 1.26 bits per heavy atom. The van der Waals surface area contributed by atoms with E-state index in [1.165, 1.54) is 22.4 Å². The van der Waals surface area contributed by atoms with Gasteiger partial charge in [-0.3, -0.25) is 10.00 Å². The topological polar surface area (TPSA) is 52.2 Å². The van der Waals surface area contributed by atoms with Gasteiger partial charge in [-0.1, -0.05) is 47.5 Å². The molecular formula is C22H24ClN3O. The van der Waals surface area contributed by atoms with E-state index in [9.17, 15) is 5.11 Å². The molecule has 1 aliphatic rings. The zero-order valence-corrected chi connectivity index (χ0v) is 16.2. The van der Waals surface area contributed by atoms with Crippen molar-refractivity contribution < 1.29 is 5.11 Å². The molecular weight excluding hydrogens is 358 g/mol. The highest BCUT2D eigenvalue weighted by atomic mass is 35.5. The number of piperidine rings is 1. The van der Waals surface area contributed by atoms with Crippen molar-refractivity contribution in [3.05, 3.63) is 70.5 Å². The molecule has 1 unspecified atom stereocenters. The Morgan fingerprint density at radius 2 is 2.15 bits per heavy atom. The van der Waals surface area contributed by atoms with E-state index in [-0.39, 0.29) is 5.75 Å². The number of nitrogens with one attached hydrogen (secondary N) is 1. The smallest absolute Gasteiger partial charge is 0.134 e. The van der Waals surface area contributed by atoms with Gasteiger partial charge in [0.25, 0.3) is 0 Å². The lowest BCUT2D eigenvalue weighted by Gasteiger charge is -2.32. The summed E-state index contributed by atoms with van der Waals surface area (Å²) in [6, 6.07) is 14.1. The van der Waals surface area contributed by atoms with Gasteiger partial charge in [-0.15, -0.1) is 0 Å². The number of H-pyrrole nitrogens is 1. The molecule has 1 aromatic heterocycles. The molecule has 0 spiro atoms. The molecule has 0 aliphatic carbocycles. The van der Waals surface area contributed by atoms with E-state index in [4.69, 9.17) is 11.6 Å². The van der Waals surface area contributed by atoms with E-state index in [0.717, 1.165) is 38.0 Å². The average molecular weight is 382 g/mol. The SMILES string of the molecule is Cc1cccc(-c2cn[nH]c2C2CCCN(Cc3ccc(O)c(Cl)c3)C2)c1. The van der Waals surface area contributed by atoms with E-state index in [1.807, 2.05) is 18.3 Å². The molecule has 2 heterocycles. The monoisotopic (exact) mass is 381 g/mol. The number of likely N-dealkylation sites (tertiary alicyclic amines) is 1. The molecule has 1 aliphatic heterocycles. The Bertz CT molecular complexity index is 937. The maximum atomic E-state index is 9.62. The maximum Gasteiger partial charge on any atom is 0.134 e. The van der Waals surface area contributed by atoms with Crippen LogP contribution in [0.4, 0.5) is 0 Å². The molecule has 4 rings (SSSR count). The first kappa shape index (κ1) is 18.1. The first-order chi connectivity index (χ1) is 13.1. The number of hydrogen-bond acceptors (Lipinski definition) is 3. The summed E-state index contributed by atoms with van der Waals surface area (Å²) in [7, 11) is 0. The van der Waals surface area contributed by atoms with Gasteiger partial charge < -0.3 is 5.11 Å². The minimum absolute atomic E-state index is 0.136. The molecule has 0 radical (unpaired) electrons. The van der Waals surface area contributed by atoms with E-state index in [1.54, 1.807) is 6.07 Å². The molecule has 1 fully saturated rings. The number of hydrogen-bond donors (Lipinski definition) is 2. The fraction of sp³-hybridized carbons (Fsp3) is 0.318. The molecule has 2 aromatic carbocycles. The Balaban J connectivity index is 1.52. The summed E-state index contributed by atoms with van der Waals surface area (Å²) in [5.41, 5.74) is 6.05. The highest BCUT2D eigenvalue weighted by molar-refractivity contribution is 6.32. The lowest BCUT2D eigenvalue weighted by atomic mass is 9.90. The Labute approximate surface area is 164 Å². The van der Waals surface area contributed by atoms with Crippen LogP contribution in [-0.2, 0) is 6.54 Å². The molecule has 5 heteroatoms. The van der Waals surface area contributed by atoms with Crippen molar-refractivity contribution in [2.24, 2.45) is 0 Å². The number of aromatic amines is 1. The number of benzene rings is 2. The lowest BCUT2D eigenvalue weighted by molar-refractivity contribution is 0.198. The average Bonchev–Trinajstić information content (AvgIpc) is 3.15. The molecule has 0 bridgehead atoms. The summed E-state index contributed by atoms with van der Waals surface area (Å²) in [4.78, 5) is 2.46. The Morgan fingerprint density at radius 3 is 2.96 bits per heavy atom. The minimum atomic E-state index is 0.136. The molecule has 140 valence electrons. The second kappa shape index (κ2) is 7.75. The molecule has 0 amide bonds. The third-order valence-electron chi connectivity index (χ3n) is 5.33. The molecule has 4 nitrogen and oxygen atoms in total. The fourth-order valence-electron chi connectivity index (χ4n) is 3.99. The summed E-state index contributed by atoms with van der Waals surface area (Å²) >= 11 is 6.06. The zero-order chi connectivity index (χ0) is 18.8. The van der Waals surface area contributed by atoms with E-state index in [0.29, 0.717) is 10.9 Å². The summed E-state index contributed by atoms with van der Waals surface area (Å²) in [6.07, 6.45) is 4.26. The fourth-order valence-corrected chi connectivity index (χ4v) is 4.19. The van der Waals surface area contributed by atoms with E-state index in [2.05, 4.69) is 46.3 Å². The second-order valence-electron chi connectivity index (χ2n) is 7.43. The second-order valence-corrected chi connectivity index (χ2v) is 7.83. The molecule has 27 heavy (non-hydrogen) atoms. The van der Waals surface area contributed by atoms with Crippen LogP contribution in [0.25, 0.3) is 11.1 Å². The zero-order valence-electron chi connectivity index (χ0n) is 15.5. The number of halogens is 1. The van der Waals surface area contributed by atoms with Crippen LogP contribution in [0.5, 0.6) is 5.75 Å². The summed E-state index contributed by atoms with van der Waals surface area (Å²) in [5, 5.41) is 17.6. The van der Waals surface area contributed by atoms with Crippen LogP contribution in [0, 0.1) is 6.92 Å². The first-order valence-corrected chi connectivity index (χ1v) is 9.78. The highest BCUT2D eigenvalue weighted by Crippen LogP contribution is 2.34. The van der Waals surface area contributed by atoms with Crippen LogP contribution < -0.4 is 0 Å². The molecule has 1 atom stereocenters. The van der Waals surface area contributed by atoms with Crippen molar-refractivity contribution in [1.82, 2.24) is 15.1 Å². The minimum Gasteiger partial charge on any atom is -0.506 e. The predicted octanol–water partition coefficient (Wildman–Crippen LogP) is 5.12. The lowest BCUT2D eigenvalue weighted by Crippen LogP contribution is -2.34. The highest BCUT2D eigenvalue weighted by Gasteiger charge is 2.25. The van der Waals surface area contributed by atoms with Gasteiger partial charge in [0.2, 0.25) is 0 Å². The third kappa shape index (κ3) is 4.02. The van der Waals surface area contributed by atoms with Crippen molar-refractivity contribution in [3.63, 3.8) is 0 Å². The molecule has 2 N–H and O–H groups in total. The predicted molar refractivity (Wildman–Crippen MR) is 109 cm³/mol. The van der Waals surface area contributed by atoms with Crippen LogP contribution in [0.2, 0.25) is 5.02 Å². The summed E-state index contributed by atoms with van der Waals surface area (Å²) < 4.78 is 0. The Kier molecular flexibility index (Phi) is 5.19. The molecule has 1 saturated heterocycles. The van der Waals surface area contributed by atoms with Crippen molar-refractivity contribution in [3.8, 4) is 16.9 Å². The molecule has 3 aromatic rings. The van der Waals surface area contributed by atoms with Gasteiger partial charge >= 0.3 is 0 Å². The van der Waals surface area contributed by atoms with Crippen LogP contribution in [0.1, 0.15) is 35.6 Å². The van der Waals surface area contributed by atoms with Crippen molar-refractivity contribution in [2.75, 3.05) is 13.1 Å². The van der Waals surface area contributed by atoms with E-state index >= 15 is 0 Å². The number of aromatic hydroxyl groups is 1. The number of phenols is 1. The normalized spacial score (nSPS) is 17.9. The number of rotatable bonds is 4. The van der Waals surface area contributed by atoms with Crippen LogP contribution in [0.3, 0.4) is 0 Å². The van der Waals surface area contributed by atoms with Crippen molar-refractivity contribution in [1.29, 1.82) is 0 Å². The van der Waals surface area contributed by atoms with Crippen molar-refractivity contribution in [2.45, 2.75) is 32.2 Å². The van der Waals surface area contributed by atoms with Gasteiger partial charge in [-0.05, 0) is 49.6 Å². The van der Waals surface area contributed by atoms with Crippen molar-refractivity contribution >= 4 is 11.6 Å². The van der Waals surface area contributed by atoms with Gasteiger partial charge in [0.1, 0.15) is 5.75 Å². The summed E-state index contributed by atoms with van der Waals surface area (Å²) in [6.45, 7) is 5.02. The van der Waals surface area contributed by atoms with Gasteiger partial charge in [0.15, 0.2) is 0 Å². The first-order valence-electron chi connectivity index (χ1n) is 9.40. The number of nitrogens with zero attached hydrogens (tertiary/aromatic N) is 2. The summed E-state index contributed by atoms with van der Waals surface area (Å²) in [5.74, 6) is 0.571. The number of phenolic OH excluding ortho intramolecular Hbond substituents is 1. The van der Waals surface area contributed by atoms with Crippen LogP contribution >= 0.6 is 11.6 Å². The van der Waals surface area contributed by atoms with Gasteiger partial charge in [-0.25, -0.2) is 0 Å². The standard InChI is InChI=1S/C22H24ClN3O/c1-15-4-2-5-17(10-15)19-12-24-25-22(19)18-6-3-9-26(14-18)13-16-7-8-21(27)20(23)11-16/h2,4-5,7-8,10-12,18,27H,3,6,9,13-14H2,1H3,(H,24,25). The number of aryl methyl sites for hydroxylation is 1. The van der Waals surface area contributed by atoms with Crippen LogP contribution in [0.15, 0.2) is 48.7 Å². The maximum absolute atomic E-state index is 9.62. The molecule has 0 saturated carbocycles. The van der Waals surface area contributed by atoms with Gasteiger partial charge in [0.05, 0.1) is 11.2 Å².